The minimum atomic E-state index is -3.07. The van der Waals surface area contributed by atoms with Crippen LogP contribution in [-0.4, -0.2) is 25.7 Å². The van der Waals surface area contributed by atoms with Crippen LogP contribution in [0.5, 0.6) is 0 Å². The summed E-state index contributed by atoms with van der Waals surface area (Å²) in [5.41, 5.74) is 0. The van der Waals surface area contributed by atoms with Crippen LogP contribution in [0.15, 0.2) is 91.0 Å². The Hall–Kier alpha value is -1.59. The fourth-order valence-electron chi connectivity index (χ4n) is 2.53. The average molecular weight is 390 g/mol. The number of benzene rings is 3. The van der Waals surface area contributed by atoms with E-state index in [2.05, 4.69) is 91.0 Å². The van der Waals surface area contributed by atoms with Crippen LogP contribution in [0.1, 0.15) is 0 Å². The Bertz CT molecular complexity index is 584. The monoisotopic (exact) mass is 392 g/mol. The number of rotatable bonds is 4. The van der Waals surface area contributed by atoms with Gasteiger partial charge in [-0.2, -0.15) is 0 Å². The third-order valence-corrected chi connectivity index (χ3v) is 12.9. The molecule has 3 aromatic rings. The first-order valence-corrected chi connectivity index (χ1v) is 11.4. The normalized spacial score (nSPS) is 12.0. The summed E-state index contributed by atoms with van der Waals surface area (Å²) in [5.74, 6) is 0. The molecular weight excluding hydrogens is 372 g/mol. The zero-order chi connectivity index (χ0) is 14.5. The molecule has 0 saturated carbocycles. The molecule has 0 saturated heterocycles. The molecule has 0 unspecified atom stereocenters. The van der Waals surface area contributed by atoms with Gasteiger partial charge in [-0.1, -0.05) is 0 Å². The summed E-state index contributed by atoms with van der Waals surface area (Å²) < 4.78 is 10.2. The summed E-state index contributed by atoms with van der Waals surface area (Å²) in [6.07, 6.45) is 0. The Morgan fingerprint density at radius 3 is 1.05 bits per heavy atom. The molecule has 0 N–H and O–H groups in total. The van der Waals surface area contributed by atoms with Gasteiger partial charge in [0.1, 0.15) is 0 Å². The van der Waals surface area contributed by atoms with E-state index in [-0.39, 0.29) is 0 Å². The van der Waals surface area contributed by atoms with Crippen molar-refractivity contribution in [3.05, 3.63) is 91.0 Å². The van der Waals surface area contributed by atoms with Gasteiger partial charge in [0.25, 0.3) is 0 Å². The molecule has 1 nitrogen and oxygen atoms in total. The van der Waals surface area contributed by atoms with Gasteiger partial charge in [-0.15, -0.1) is 0 Å². The van der Waals surface area contributed by atoms with Crippen molar-refractivity contribution >= 4 is 29.4 Å². The van der Waals surface area contributed by atoms with Crippen LogP contribution in [0.2, 0.25) is 0 Å². The summed E-state index contributed by atoms with van der Waals surface area (Å²) in [7, 11) is 1.86. The van der Waals surface area contributed by atoms with Gasteiger partial charge >= 0.3 is 131 Å². The second-order valence-corrected chi connectivity index (χ2v) is 12.8. The Kier molecular flexibility index (Phi) is 4.41. The first-order valence-electron chi connectivity index (χ1n) is 6.92. The molecule has 0 radical (unpaired) electrons. The van der Waals surface area contributed by atoms with Gasteiger partial charge in [-0.3, -0.25) is 0 Å². The molecule has 0 aromatic heterocycles. The molecule has 3 aromatic carbocycles. The fraction of sp³-hybridized carbons (Fsp3) is 0.0526. The van der Waals surface area contributed by atoms with Crippen molar-refractivity contribution in [1.82, 2.24) is 0 Å². The van der Waals surface area contributed by atoms with Gasteiger partial charge in [0.2, 0.25) is 0 Å². The van der Waals surface area contributed by atoms with E-state index in [1.54, 1.807) is 0 Å². The molecule has 0 fully saturated rings. The SMILES string of the molecule is CO[Te](c1ccccc1)(c1ccccc1)c1ccccc1. The third kappa shape index (κ3) is 2.63. The summed E-state index contributed by atoms with van der Waals surface area (Å²) >= 11 is -3.07. The molecule has 0 bridgehead atoms. The Labute approximate surface area is 130 Å². The van der Waals surface area contributed by atoms with E-state index in [9.17, 15) is 0 Å². The Morgan fingerprint density at radius 1 is 0.524 bits per heavy atom. The molecule has 0 atom stereocenters. The molecule has 2 heteroatoms. The number of hydrogen-bond donors (Lipinski definition) is 0. The molecule has 0 heterocycles. The Balaban J connectivity index is 2.29. The zero-order valence-electron chi connectivity index (χ0n) is 12.0. The van der Waals surface area contributed by atoms with Crippen LogP contribution >= 0.6 is 0 Å². The van der Waals surface area contributed by atoms with Crippen molar-refractivity contribution in [3.8, 4) is 0 Å². The van der Waals surface area contributed by atoms with Crippen molar-refractivity contribution in [1.29, 1.82) is 0 Å². The molecule has 0 amide bonds. The Morgan fingerprint density at radius 2 is 0.810 bits per heavy atom. The standard InChI is InChI=1S/C19H18OTe/c1-20-21(17-11-5-2-6-12-17,18-13-7-3-8-14-18)19-15-9-4-10-16-19/h2-16H,1H3. The first kappa shape index (κ1) is 14.4. The van der Waals surface area contributed by atoms with Crippen LogP contribution in [-0.2, 0) is 3.10 Å². The second kappa shape index (κ2) is 6.45. The van der Waals surface area contributed by atoms with E-state index in [0.717, 1.165) is 0 Å². The predicted molar refractivity (Wildman–Crippen MR) is 91.0 cm³/mol. The minimum absolute atomic E-state index is 1.32. The van der Waals surface area contributed by atoms with Gasteiger partial charge in [0.15, 0.2) is 0 Å². The van der Waals surface area contributed by atoms with Crippen molar-refractivity contribution in [3.63, 3.8) is 0 Å². The molecule has 0 spiro atoms. The first-order chi connectivity index (χ1) is 10.4. The van der Waals surface area contributed by atoms with Crippen LogP contribution in [0, 0.1) is 0 Å². The number of hydrogen-bond acceptors (Lipinski definition) is 1. The van der Waals surface area contributed by atoms with Gasteiger partial charge in [0.05, 0.1) is 0 Å². The maximum absolute atomic E-state index is 6.29. The summed E-state index contributed by atoms with van der Waals surface area (Å²) in [6.45, 7) is 0. The van der Waals surface area contributed by atoms with Gasteiger partial charge in [-0.25, -0.2) is 0 Å². The fourth-order valence-corrected chi connectivity index (χ4v) is 11.1. The maximum atomic E-state index is 6.29. The molecule has 0 aliphatic heterocycles. The molecular formula is C19H18OTe. The molecule has 0 aliphatic rings. The quantitative estimate of drug-likeness (QED) is 0.622. The van der Waals surface area contributed by atoms with Gasteiger partial charge in [0, 0.05) is 0 Å². The summed E-state index contributed by atoms with van der Waals surface area (Å²) in [4.78, 5) is 0. The van der Waals surface area contributed by atoms with E-state index >= 15 is 0 Å². The van der Waals surface area contributed by atoms with Crippen LogP contribution in [0.3, 0.4) is 0 Å². The van der Waals surface area contributed by atoms with Crippen LogP contribution in [0.25, 0.3) is 0 Å². The predicted octanol–water partition coefficient (Wildman–Crippen LogP) is 2.30. The van der Waals surface area contributed by atoms with Crippen molar-refractivity contribution in [2.75, 3.05) is 7.11 Å². The molecule has 21 heavy (non-hydrogen) atoms. The topological polar surface area (TPSA) is 9.23 Å². The molecule has 0 aliphatic carbocycles. The van der Waals surface area contributed by atoms with Crippen molar-refractivity contribution in [2.24, 2.45) is 0 Å². The van der Waals surface area contributed by atoms with E-state index in [0.29, 0.717) is 0 Å². The van der Waals surface area contributed by atoms with E-state index in [4.69, 9.17) is 3.10 Å². The van der Waals surface area contributed by atoms with E-state index in [1.807, 2.05) is 7.11 Å². The molecule has 106 valence electrons. The second-order valence-electron chi connectivity index (χ2n) is 4.66. The average Bonchev–Trinajstić information content (AvgIpc) is 2.59. The van der Waals surface area contributed by atoms with E-state index in [1.165, 1.54) is 10.8 Å². The third-order valence-electron chi connectivity index (χ3n) is 3.48. The van der Waals surface area contributed by atoms with Crippen molar-refractivity contribution < 1.29 is 3.10 Å². The molecule has 3 rings (SSSR count). The van der Waals surface area contributed by atoms with Crippen LogP contribution in [0.4, 0.5) is 0 Å². The summed E-state index contributed by atoms with van der Waals surface area (Å²) in [6, 6.07) is 32.0. The van der Waals surface area contributed by atoms with Gasteiger partial charge in [-0.05, 0) is 0 Å². The van der Waals surface area contributed by atoms with Crippen molar-refractivity contribution in [2.45, 2.75) is 0 Å². The van der Waals surface area contributed by atoms with Crippen LogP contribution < -0.4 is 10.8 Å². The van der Waals surface area contributed by atoms with E-state index < -0.39 is 18.6 Å². The zero-order valence-corrected chi connectivity index (χ0v) is 14.3. The van der Waals surface area contributed by atoms with Gasteiger partial charge < -0.3 is 0 Å². The summed E-state index contributed by atoms with van der Waals surface area (Å²) in [5, 5.41) is 0.